The molecule has 6 heteroatoms. The van der Waals surface area contributed by atoms with Crippen LogP contribution in [-0.2, 0) is 0 Å². The Morgan fingerprint density at radius 3 is 3.00 bits per heavy atom. The quantitative estimate of drug-likeness (QED) is 0.735. The van der Waals surface area contributed by atoms with Gasteiger partial charge in [0.1, 0.15) is 0 Å². The van der Waals surface area contributed by atoms with Gasteiger partial charge in [-0.2, -0.15) is 0 Å². The molecular weight excluding hydrogens is 186 g/mol. The summed E-state index contributed by atoms with van der Waals surface area (Å²) >= 11 is 1.31. The number of rotatable bonds is 3. The van der Waals surface area contributed by atoms with Gasteiger partial charge >= 0.3 is 0 Å². The van der Waals surface area contributed by atoms with Crippen molar-refractivity contribution in [2.75, 3.05) is 25.0 Å². The molecule has 0 spiro atoms. The number of hydrogen-bond acceptors (Lipinski definition) is 6. The molecular formula is C7H13N5S. The summed E-state index contributed by atoms with van der Waals surface area (Å²) in [7, 11) is 0. The van der Waals surface area contributed by atoms with Gasteiger partial charge in [0, 0.05) is 18.1 Å². The first-order chi connectivity index (χ1) is 6.45. The maximum atomic E-state index is 3.83. The van der Waals surface area contributed by atoms with Crippen molar-refractivity contribution in [1.29, 1.82) is 0 Å². The molecule has 1 aromatic heterocycles. The monoisotopic (exact) mass is 199 g/mol. The van der Waals surface area contributed by atoms with Gasteiger partial charge in [0.05, 0.1) is 0 Å². The molecule has 0 atom stereocenters. The van der Waals surface area contributed by atoms with E-state index in [2.05, 4.69) is 25.4 Å². The minimum absolute atomic E-state index is 0.769. The lowest BCUT2D eigenvalue weighted by Gasteiger charge is -2.22. The first-order valence-electron chi connectivity index (χ1n) is 4.55. The Labute approximate surface area is 81.1 Å². The van der Waals surface area contributed by atoms with E-state index < -0.39 is 0 Å². The highest BCUT2D eigenvalue weighted by molar-refractivity contribution is 7.09. The highest BCUT2D eigenvalue weighted by Gasteiger charge is 2.12. The molecule has 1 aliphatic heterocycles. The van der Waals surface area contributed by atoms with Crippen molar-refractivity contribution in [3.8, 4) is 0 Å². The predicted molar refractivity (Wildman–Crippen MR) is 51.8 cm³/mol. The minimum Gasteiger partial charge on any atom is -0.359 e. The average Bonchev–Trinajstić information content (AvgIpc) is 2.69. The van der Waals surface area contributed by atoms with Crippen molar-refractivity contribution in [2.45, 2.75) is 12.8 Å². The van der Waals surface area contributed by atoms with Crippen LogP contribution in [0, 0.1) is 5.92 Å². The topological polar surface area (TPSA) is 62.7 Å². The zero-order valence-corrected chi connectivity index (χ0v) is 8.18. The summed E-state index contributed by atoms with van der Waals surface area (Å²) in [5.74, 6) is 0.769. The van der Waals surface area contributed by atoms with E-state index in [4.69, 9.17) is 0 Å². The summed E-state index contributed by atoms with van der Waals surface area (Å²) in [5.41, 5.74) is 0. The molecule has 1 aromatic rings. The lowest BCUT2D eigenvalue weighted by Crippen LogP contribution is -2.31. The first kappa shape index (κ1) is 8.83. The summed E-state index contributed by atoms with van der Waals surface area (Å²) < 4.78 is 3.69. The molecule has 1 saturated heterocycles. The van der Waals surface area contributed by atoms with Crippen LogP contribution in [0.15, 0.2) is 0 Å². The summed E-state index contributed by atoms with van der Waals surface area (Å²) in [6, 6.07) is 0. The fourth-order valence-electron chi connectivity index (χ4n) is 1.52. The van der Waals surface area contributed by atoms with Crippen LogP contribution in [0.2, 0.25) is 0 Å². The van der Waals surface area contributed by atoms with Crippen LogP contribution in [0.4, 0.5) is 5.13 Å². The van der Waals surface area contributed by atoms with Crippen molar-refractivity contribution in [3.63, 3.8) is 0 Å². The fourth-order valence-corrected chi connectivity index (χ4v) is 1.89. The summed E-state index contributed by atoms with van der Waals surface area (Å²) in [4.78, 5) is 0. The predicted octanol–water partition coefficient (Wildman–Crippen LogP) is 0.345. The molecule has 2 rings (SSSR count). The molecule has 2 heterocycles. The van der Waals surface area contributed by atoms with Crippen LogP contribution < -0.4 is 10.6 Å². The Morgan fingerprint density at radius 1 is 1.46 bits per heavy atom. The lowest BCUT2D eigenvalue weighted by atomic mass is 9.98. The van der Waals surface area contributed by atoms with Crippen LogP contribution in [0.5, 0.6) is 0 Å². The van der Waals surface area contributed by atoms with Crippen molar-refractivity contribution in [1.82, 2.24) is 20.1 Å². The van der Waals surface area contributed by atoms with E-state index in [-0.39, 0.29) is 0 Å². The second kappa shape index (κ2) is 4.48. The maximum Gasteiger partial charge on any atom is 0.225 e. The number of hydrogen-bond donors (Lipinski definition) is 2. The zero-order chi connectivity index (χ0) is 8.93. The molecule has 1 fully saturated rings. The van der Waals surface area contributed by atoms with Crippen LogP contribution in [0.1, 0.15) is 12.8 Å². The molecule has 0 aromatic carbocycles. The van der Waals surface area contributed by atoms with E-state index in [1.165, 1.54) is 24.4 Å². The van der Waals surface area contributed by atoms with Crippen molar-refractivity contribution in [2.24, 2.45) is 5.92 Å². The van der Waals surface area contributed by atoms with Gasteiger partial charge < -0.3 is 10.6 Å². The molecule has 0 radical (unpaired) electrons. The summed E-state index contributed by atoms with van der Waals surface area (Å²) in [6.07, 6.45) is 2.50. The standard InChI is InChI=1S/C7H13N5S/c1-3-8-4-2-6(1)5-9-7-10-11-12-13-7/h6,8H,1-5H2,(H,9,10,12). The van der Waals surface area contributed by atoms with E-state index in [0.717, 1.165) is 30.7 Å². The highest BCUT2D eigenvalue weighted by Crippen LogP contribution is 2.13. The van der Waals surface area contributed by atoms with Gasteiger partial charge in [0.2, 0.25) is 5.13 Å². The molecule has 72 valence electrons. The van der Waals surface area contributed by atoms with Gasteiger partial charge in [-0.3, -0.25) is 0 Å². The molecule has 0 unspecified atom stereocenters. The Balaban J connectivity index is 1.72. The smallest absolute Gasteiger partial charge is 0.225 e. The van der Waals surface area contributed by atoms with Crippen molar-refractivity contribution < 1.29 is 0 Å². The Morgan fingerprint density at radius 2 is 2.31 bits per heavy atom. The van der Waals surface area contributed by atoms with E-state index in [1.807, 2.05) is 0 Å². The highest BCUT2D eigenvalue weighted by atomic mass is 32.1. The number of aromatic nitrogens is 3. The SMILES string of the molecule is C1CC(CNc2nnns2)CCN1. The fraction of sp³-hybridized carbons (Fsp3) is 0.857. The van der Waals surface area contributed by atoms with Gasteiger partial charge in [-0.1, -0.05) is 9.59 Å². The Hall–Kier alpha value is -0.750. The first-order valence-corrected chi connectivity index (χ1v) is 5.32. The molecule has 0 amide bonds. The van der Waals surface area contributed by atoms with Gasteiger partial charge in [-0.25, -0.2) is 0 Å². The average molecular weight is 199 g/mol. The molecule has 0 saturated carbocycles. The van der Waals surface area contributed by atoms with Crippen LogP contribution in [0.3, 0.4) is 0 Å². The molecule has 5 nitrogen and oxygen atoms in total. The molecule has 1 aliphatic rings. The van der Waals surface area contributed by atoms with Gasteiger partial charge in [-0.05, 0) is 37.1 Å². The van der Waals surface area contributed by atoms with Crippen LogP contribution in [-0.4, -0.2) is 34.4 Å². The molecule has 0 aliphatic carbocycles. The second-order valence-corrected chi connectivity index (χ2v) is 3.97. The number of nitrogens with one attached hydrogen (secondary N) is 2. The molecule has 2 N–H and O–H groups in total. The maximum absolute atomic E-state index is 3.83. The number of piperidine rings is 1. The van der Waals surface area contributed by atoms with E-state index >= 15 is 0 Å². The van der Waals surface area contributed by atoms with Gasteiger partial charge in [-0.15, -0.1) is 0 Å². The second-order valence-electron chi connectivity index (χ2n) is 3.24. The third-order valence-corrected chi connectivity index (χ3v) is 2.85. The van der Waals surface area contributed by atoms with E-state index in [9.17, 15) is 0 Å². The Kier molecular flexibility index (Phi) is 3.04. The van der Waals surface area contributed by atoms with Crippen molar-refractivity contribution >= 4 is 16.7 Å². The third kappa shape index (κ3) is 2.60. The summed E-state index contributed by atoms with van der Waals surface area (Å²) in [6.45, 7) is 3.28. The van der Waals surface area contributed by atoms with E-state index in [0.29, 0.717) is 0 Å². The van der Waals surface area contributed by atoms with Gasteiger partial charge in [0.25, 0.3) is 0 Å². The van der Waals surface area contributed by atoms with Crippen LogP contribution >= 0.6 is 11.5 Å². The normalized spacial score (nSPS) is 18.8. The van der Waals surface area contributed by atoms with Crippen molar-refractivity contribution in [3.05, 3.63) is 0 Å². The molecule has 0 bridgehead atoms. The number of anilines is 1. The Bertz CT molecular complexity index is 231. The van der Waals surface area contributed by atoms with E-state index in [1.54, 1.807) is 0 Å². The minimum atomic E-state index is 0.769. The molecule has 13 heavy (non-hydrogen) atoms. The third-order valence-electron chi connectivity index (χ3n) is 2.30. The number of nitrogens with zero attached hydrogens (tertiary/aromatic N) is 3. The largest absolute Gasteiger partial charge is 0.359 e. The zero-order valence-electron chi connectivity index (χ0n) is 7.36. The summed E-state index contributed by atoms with van der Waals surface area (Å²) in [5, 5.41) is 14.8. The lowest BCUT2D eigenvalue weighted by molar-refractivity contribution is 0.390. The van der Waals surface area contributed by atoms with Gasteiger partial charge in [0.15, 0.2) is 0 Å². The van der Waals surface area contributed by atoms with Crippen LogP contribution in [0.25, 0.3) is 0 Å².